The van der Waals surface area contributed by atoms with Crippen molar-refractivity contribution in [2.45, 2.75) is 66.2 Å². The summed E-state index contributed by atoms with van der Waals surface area (Å²) >= 11 is 0. The second-order valence-corrected chi connectivity index (χ2v) is 19.0. The number of hydrogen-bond acceptors (Lipinski definition) is 6. The molecule has 0 saturated carbocycles. The van der Waals surface area contributed by atoms with E-state index in [0.29, 0.717) is 28.9 Å². The molecule has 7 nitrogen and oxygen atoms in total. The second-order valence-electron chi connectivity index (χ2n) is 19.0. The predicted molar refractivity (Wildman–Crippen MR) is 269 cm³/mol. The average Bonchev–Trinajstić information content (AvgIpc) is 3.64. The van der Waals surface area contributed by atoms with Crippen LogP contribution in [-0.2, 0) is 51.7 Å². The monoisotopic (exact) mass is 1080 g/mol. The molecule has 10 aromatic rings. The first-order chi connectivity index (χ1) is 32.3. The standard InChI is InChI=1S/C60H49N5O2.2Pd/c1-38-32-42(50-14-9-11-28-61-50)34-54(56(38)40-16-20-44(21-17-40)59(3,4)5)66-46-24-26-48-49-27-25-47(37-53(49)65(52(48)36-46)58-63-30-13-31-64-58)67-55-35-43(51-15-10-12-29-62-51)33-39(2)57(55)41-18-22-45(23-19-41)60(6,7)8;;/h9-33H,1-8H3;;/q-4;2*+2. The quantitative estimate of drug-likeness (QED) is 0.106. The molecule has 0 amide bonds. The fourth-order valence-electron chi connectivity index (χ4n) is 8.61. The van der Waals surface area contributed by atoms with Crippen molar-refractivity contribution >= 4 is 21.8 Å². The Balaban J connectivity index is 0.00000321. The molecule has 69 heavy (non-hydrogen) atoms. The van der Waals surface area contributed by atoms with E-state index < -0.39 is 0 Å². The van der Waals surface area contributed by atoms with E-state index in [4.69, 9.17) is 19.4 Å². The number of pyridine rings is 2. The summed E-state index contributed by atoms with van der Waals surface area (Å²) in [4.78, 5) is 18.7. The summed E-state index contributed by atoms with van der Waals surface area (Å²) in [6.45, 7) is 17.5. The minimum absolute atomic E-state index is 0. The van der Waals surface area contributed by atoms with E-state index in [2.05, 4.69) is 162 Å². The van der Waals surface area contributed by atoms with Crippen LogP contribution < -0.4 is 9.47 Å². The van der Waals surface area contributed by atoms with Crippen LogP contribution in [-0.4, -0.2) is 24.5 Å². The van der Waals surface area contributed by atoms with Crippen LogP contribution in [0.25, 0.3) is 72.5 Å². The molecular weight excluding hydrogens is 1040 g/mol. The molecule has 6 aromatic carbocycles. The molecular formula is C60H49N5O2Pd2. The number of hydrogen-bond donors (Lipinski definition) is 0. The van der Waals surface area contributed by atoms with Crippen molar-refractivity contribution in [3.8, 4) is 73.7 Å². The number of fused-ring (bicyclic) bond motifs is 3. The third kappa shape index (κ3) is 9.98. The van der Waals surface area contributed by atoms with Crippen LogP contribution in [0, 0.1) is 38.1 Å². The van der Waals surface area contributed by atoms with Crippen molar-refractivity contribution in [2.75, 3.05) is 0 Å². The van der Waals surface area contributed by atoms with E-state index in [9.17, 15) is 0 Å². The van der Waals surface area contributed by atoms with E-state index in [-0.39, 0.29) is 51.7 Å². The van der Waals surface area contributed by atoms with Gasteiger partial charge in [0.2, 0.25) is 5.95 Å². The molecule has 0 fully saturated rings. The van der Waals surface area contributed by atoms with Crippen molar-refractivity contribution in [2.24, 2.45) is 0 Å². The van der Waals surface area contributed by atoms with Gasteiger partial charge in [-0.2, -0.15) is 22.9 Å². The van der Waals surface area contributed by atoms with Crippen LogP contribution in [0.15, 0.2) is 152 Å². The molecule has 0 aliphatic carbocycles. The number of benzene rings is 6. The van der Waals surface area contributed by atoms with Gasteiger partial charge in [0.1, 0.15) is 0 Å². The Hall–Kier alpha value is -6.58. The fourth-order valence-corrected chi connectivity index (χ4v) is 8.61. The summed E-state index contributed by atoms with van der Waals surface area (Å²) in [6.07, 6.45) is 7.05. The van der Waals surface area contributed by atoms with Gasteiger partial charge in [0, 0.05) is 47.8 Å². The first-order valence-electron chi connectivity index (χ1n) is 22.5. The molecule has 0 radical (unpaired) electrons. The molecule has 0 aliphatic rings. The Morgan fingerprint density at radius 1 is 0.449 bits per heavy atom. The largest absolute Gasteiger partial charge is 2.00 e. The SMILES string of the molecule is Cc1cc(-c2ccccn2)[c-]c(Oc2[c-]c3c(cc2)c2ccc(Oc4[c-]c(-c5ccccn5)cc(C)c4-c4ccc(C(C)(C)C)cc4)[c-]c2n3-c2ncccn2)c1-c1ccc(C(C)(C)C)cc1.[Pd+2].[Pd+2]. The zero-order valence-corrected chi connectivity index (χ0v) is 42.7. The molecule has 0 spiro atoms. The zero-order valence-electron chi connectivity index (χ0n) is 39.6. The molecule has 10 rings (SSSR count). The van der Waals surface area contributed by atoms with Crippen molar-refractivity contribution in [1.82, 2.24) is 24.5 Å². The average molecular weight is 1080 g/mol. The first kappa shape index (κ1) is 48.9. The molecule has 0 atom stereocenters. The maximum atomic E-state index is 6.90. The van der Waals surface area contributed by atoms with Crippen LogP contribution >= 0.6 is 0 Å². The van der Waals surface area contributed by atoms with E-state index >= 15 is 0 Å². The molecule has 4 heterocycles. The minimum atomic E-state index is 0. The molecule has 0 N–H and O–H groups in total. The van der Waals surface area contributed by atoms with Crippen molar-refractivity contribution in [3.63, 3.8) is 0 Å². The van der Waals surface area contributed by atoms with Crippen molar-refractivity contribution < 1.29 is 50.3 Å². The maximum absolute atomic E-state index is 6.90. The number of aryl methyl sites for hydroxylation is 2. The van der Waals surface area contributed by atoms with Crippen LogP contribution in [0.2, 0.25) is 0 Å². The Morgan fingerprint density at radius 3 is 1.23 bits per heavy atom. The van der Waals surface area contributed by atoms with Crippen LogP contribution in [0.3, 0.4) is 0 Å². The molecule has 346 valence electrons. The summed E-state index contributed by atoms with van der Waals surface area (Å²) in [7, 11) is 0. The summed E-state index contributed by atoms with van der Waals surface area (Å²) in [5.74, 6) is 2.61. The van der Waals surface area contributed by atoms with Gasteiger partial charge in [-0.1, -0.05) is 174 Å². The Labute approximate surface area is 432 Å². The normalized spacial score (nSPS) is 11.5. The van der Waals surface area contributed by atoms with Gasteiger partial charge in [0.05, 0.1) is 0 Å². The zero-order chi connectivity index (χ0) is 46.5. The van der Waals surface area contributed by atoms with Crippen molar-refractivity contribution in [1.29, 1.82) is 0 Å². The van der Waals surface area contributed by atoms with Crippen LogP contribution in [0.5, 0.6) is 23.0 Å². The van der Waals surface area contributed by atoms with E-state index in [1.807, 2.05) is 53.1 Å². The molecule has 0 aliphatic heterocycles. The minimum Gasteiger partial charge on any atom is -0.502 e. The number of rotatable bonds is 9. The van der Waals surface area contributed by atoms with Gasteiger partial charge in [-0.25, -0.2) is 9.97 Å². The number of aromatic nitrogens is 5. The van der Waals surface area contributed by atoms with Gasteiger partial charge >= 0.3 is 40.8 Å². The second kappa shape index (κ2) is 19.8. The maximum Gasteiger partial charge on any atom is 2.00 e. The summed E-state index contributed by atoms with van der Waals surface area (Å²) in [6, 6.07) is 57.6. The molecule has 4 aromatic heterocycles. The van der Waals surface area contributed by atoms with Crippen molar-refractivity contribution in [3.05, 3.63) is 199 Å². The van der Waals surface area contributed by atoms with E-state index in [1.54, 1.807) is 30.9 Å². The molecule has 0 saturated heterocycles. The number of nitrogens with zero attached hydrogens (tertiary/aromatic N) is 5. The van der Waals surface area contributed by atoms with Crippen LogP contribution in [0.4, 0.5) is 0 Å². The smallest absolute Gasteiger partial charge is 0.502 e. The van der Waals surface area contributed by atoms with E-state index in [0.717, 1.165) is 77.7 Å². The van der Waals surface area contributed by atoms with Gasteiger partial charge in [0.15, 0.2) is 0 Å². The Kier molecular flexibility index (Phi) is 14.0. The van der Waals surface area contributed by atoms with Gasteiger partial charge in [-0.05, 0) is 51.5 Å². The molecule has 0 unspecified atom stereocenters. The van der Waals surface area contributed by atoms with Gasteiger partial charge in [0.25, 0.3) is 0 Å². The Bertz CT molecular complexity index is 3210. The van der Waals surface area contributed by atoms with Gasteiger partial charge < -0.3 is 24.0 Å². The molecule has 0 bridgehead atoms. The first-order valence-corrected chi connectivity index (χ1v) is 22.5. The van der Waals surface area contributed by atoms with Gasteiger partial charge in [-0.15, -0.1) is 58.7 Å². The summed E-state index contributed by atoms with van der Waals surface area (Å²) < 4.78 is 15.8. The Morgan fingerprint density at radius 2 is 0.855 bits per heavy atom. The summed E-state index contributed by atoms with van der Waals surface area (Å²) in [5.41, 5.74) is 13.3. The predicted octanol–water partition coefficient (Wildman–Crippen LogP) is 15.0. The third-order valence-electron chi connectivity index (χ3n) is 12.1. The van der Waals surface area contributed by atoms with Crippen LogP contribution in [0.1, 0.15) is 63.8 Å². The third-order valence-corrected chi connectivity index (χ3v) is 12.1. The fraction of sp³-hybridized carbons (Fsp3) is 0.167. The van der Waals surface area contributed by atoms with Gasteiger partial charge in [-0.3, -0.25) is 0 Å². The van der Waals surface area contributed by atoms with E-state index in [1.165, 1.54) is 11.1 Å². The summed E-state index contributed by atoms with van der Waals surface area (Å²) in [5, 5.41) is 1.86. The molecule has 9 heteroatoms. The topological polar surface area (TPSA) is 75.0 Å². The number of ether oxygens (including phenoxy) is 2.